The minimum atomic E-state index is -0.421. The third kappa shape index (κ3) is 4.95. The van der Waals surface area contributed by atoms with Crippen LogP contribution in [0.25, 0.3) is 0 Å². The zero-order valence-electron chi connectivity index (χ0n) is 15.1. The molecule has 3 rings (SSSR count). The number of nitrogens with one attached hydrogen (secondary N) is 2. The van der Waals surface area contributed by atoms with Gasteiger partial charge in [-0.05, 0) is 48.9 Å². The van der Waals surface area contributed by atoms with Gasteiger partial charge in [-0.25, -0.2) is 4.79 Å². The molecule has 0 aliphatic rings. The molecule has 0 heterocycles. The van der Waals surface area contributed by atoms with Crippen molar-refractivity contribution in [1.82, 2.24) is 5.32 Å². The maximum Gasteiger partial charge on any atom is 0.319 e. The van der Waals surface area contributed by atoms with Crippen LogP contribution in [-0.2, 0) is 4.79 Å². The van der Waals surface area contributed by atoms with Gasteiger partial charge in [-0.15, -0.1) is 0 Å². The van der Waals surface area contributed by atoms with E-state index < -0.39 is 6.03 Å². The van der Waals surface area contributed by atoms with E-state index in [1.165, 1.54) is 0 Å². The van der Waals surface area contributed by atoms with Crippen molar-refractivity contribution in [1.29, 1.82) is 0 Å². The van der Waals surface area contributed by atoms with Gasteiger partial charge in [0.1, 0.15) is 0 Å². The second-order valence-corrected chi connectivity index (χ2v) is 6.08. The van der Waals surface area contributed by atoms with Crippen LogP contribution in [0.5, 0.6) is 0 Å². The zero-order chi connectivity index (χ0) is 19.1. The van der Waals surface area contributed by atoms with E-state index >= 15 is 0 Å². The minimum absolute atomic E-state index is 0.124. The molecule has 0 radical (unpaired) electrons. The molecule has 2 N–H and O–H groups in total. The molecule has 5 heteroatoms. The summed E-state index contributed by atoms with van der Waals surface area (Å²) in [5.74, 6) is -0.230. The molecule has 0 saturated heterocycles. The van der Waals surface area contributed by atoms with Gasteiger partial charge in [-0.2, -0.15) is 0 Å². The molecular formula is C22H21N3O2. The molecule has 5 nitrogen and oxygen atoms in total. The van der Waals surface area contributed by atoms with Crippen molar-refractivity contribution in [3.05, 3.63) is 90.5 Å². The highest BCUT2D eigenvalue weighted by Gasteiger charge is 2.18. The standard InChI is InChI=1S/C22H21N3O2/c1-17-9-8-10-18(15-17)24-22(27)23-16-21(26)25(19-11-4-2-5-12-19)20-13-6-3-7-14-20/h2-15H,16H2,1H3,(H2,23,24,27). The Kier molecular flexibility index (Phi) is 5.84. The van der Waals surface area contributed by atoms with Crippen molar-refractivity contribution < 1.29 is 9.59 Å². The molecule has 0 fully saturated rings. The lowest BCUT2D eigenvalue weighted by Gasteiger charge is -2.23. The second kappa shape index (κ2) is 8.67. The first kappa shape index (κ1) is 18.2. The summed E-state index contributed by atoms with van der Waals surface area (Å²) < 4.78 is 0. The van der Waals surface area contributed by atoms with Crippen LogP contribution in [0.4, 0.5) is 21.9 Å². The molecule has 0 atom stereocenters. The van der Waals surface area contributed by atoms with Crippen LogP contribution in [-0.4, -0.2) is 18.5 Å². The molecule has 0 spiro atoms. The van der Waals surface area contributed by atoms with Gasteiger partial charge in [-0.3, -0.25) is 9.69 Å². The molecule has 3 aromatic rings. The van der Waals surface area contributed by atoms with Crippen LogP contribution < -0.4 is 15.5 Å². The van der Waals surface area contributed by atoms with Crippen LogP contribution in [0.3, 0.4) is 0 Å². The van der Waals surface area contributed by atoms with Gasteiger partial charge in [0, 0.05) is 17.1 Å². The molecule has 0 aromatic heterocycles. The average Bonchev–Trinajstić information content (AvgIpc) is 2.68. The summed E-state index contributed by atoms with van der Waals surface area (Å²) in [5, 5.41) is 5.36. The quantitative estimate of drug-likeness (QED) is 0.705. The summed E-state index contributed by atoms with van der Waals surface area (Å²) in [6, 6.07) is 25.8. The molecular weight excluding hydrogens is 338 g/mol. The summed E-state index contributed by atoms with van der Waals surface area (Å²) in [6.07, 6.45) is 0. The monoisotopic (exact) mass is 359 g/mol. The fourth-order valence-corrected chi connectivity index (χ4v) is 2.72. The van der Waals surface area contributed by atoms with E-state index in [1.54, 1.807) is 11.0 Å². The first-order valence-electron chi connectivity index (χ1n) is 8.68. The maximum absolute atomic E-state index is 12.8. The van der Waals surface area contributed by atoms with Gasteiger partial charge in [0.15, 0.2) is 0 Å². The highest BCUT2D eigenvalue weighted by molar-refractivity contribution is 6.03. The number of para-hydroxylation sites is 2. The van der Waals surface area contributed by atoms with Crippen molar-refractivity contribution in [3.8, 4) is 0 Å². The summed E-state index contributed by atoms with van der Waals surface area (Å²) in [7, 11) is 0. The predicted molar refractivity (Wildman–Crippen MR) is 108 cm³/mol. The summed E-state index contributed by atoms with van der Waals surface area (Å²) in [6.45, 7) is 1.83. The Balaban J connectivity index is 1.69. The molecule has 3 amide bonds. The van der Waals surface area contributed by atoms with Gasteiger partial charge in [0.2, 0.25) is 0 Å². The first-order valence-corrected chi connectivity index (χ1v) is 8.68. The summed E-state index contributed by atoms with van der Waals surface area (Å²) >= 11 is 0. The molecule has 27 heavy (non-hydrogen) atoms. The van der Waals surface area contributed by atoms with Crippen LogP contribution in [0, 0.1) is 6.92 Å². The lowest BCUT2D eigenvalue weighted by Crippen LogP contribution is -2.39. The number of nitrogens with zero attached hydrogens (tertiary/aromatic N) is 1. The van der Waals surface area contributed by atoms with E-state index in [4.69, 9.17) is 0 Å². The molecule has 0 aliphatic heterocycles. The van der Waals surface area contributed by atoms with Crippen LogP contribution in [0.2, 0.25) is 0 Å². The minimum Gasteiger partial charge on any atom is -0.329 e. The molecule has 0 unspecified atom stereocenters. The topological polar surface area (TPSA) is 61.4 Å². The highest BCUT2D eigenvalue weighted by Crippen LogP contribution is 2.24. The average molecular weight is 359 g/mol. The summed E-state index contributed by atoms with van der Waals surface area (Å²) in [4.78, 5) is 26.6. The van der Waals surface area contributed by atoms with Crippen LogP contribution in [0.1, 0.15) is 5.56 Å². The van der Waals surface area contributed by atoms with Gasteiger partial charge in [-0.1, -0.05) is 48.5 Å². The van der Waals surface area contributed by atoms with Gasteiger partial charge in [0.05, 0.1) is 6.54 Å². The third-order valence-electron chi connectivity index (χ3n) is 3.95. The number of hydrogen-bond donors (Lipinski definition) is 2. The lowest BCUT2D eigenvalue weighted by atomic mass is 10.2. The van der Waals surface area contributed by atoms with E-state index in [1.807, 2.05) is 85.8 Å². The van der Waals surface area contributed by atoms with Gasteiger partial charge >= 0.3 is 6.03 Å². The van der Waals surface area contributed by atoms with E-state index in [9.17, 15) is 9.59 Å². The molecule has 0 bridgehead atoms. The van der Waals surface area contributed by atoms with E-state index in [0.29, 0.717) is 5.69 Å². The van der Waals surface area contributed by atoms with Crippen molar-refractivity contribution in [2.24, 2.45) is 0 Å². The normalized spacial score (nSPS) is 10.1. The number of benzene rings is 3. The Morgan fingerprint density at radius 2 is 1.41 bits per heavy atom. The van der Waals surface area contributed by atoms with E-state index in [0.717, 1.165) is 16.9 Å². The van der Waals surface area contributed by atoms with E-state index in [-0.39, 0.29) is 12.5 Å². The number of carbonyl (C=O) groups excluding carboxylic acids is 2. The first-order chi connectivity index (χ1) is 13.1. The maximum atomic E-state index is 12.8. The largest absolute Gasteiger partial charge is 0.329 e. The number of urea groups is 1. The SMILES string of the molecule is Cc1cccc(NC(=O)NCC(=O)N(c2ccccc2)c2ccccc2)c1. The van der Waals surface area contributed by atoms with Gasteiger partial charge < -0.3 is 10.6 Å². The number of anilines is 3. The Labute approximate surface area is 158 Å². The fourth-order valence-electron chi connectivity index (χ4n) is 2.72. The summed E-state index contributed by atoms with van der Waals surface area (Å²) in [5.41, 5.74) is 3.22. The Bertz CT molecular complexity index is 872. The lowest BCUT2D eigenvalue weighted by molar-refractivity contribution is -0.116. The van der Waals surface area contributed by atoms with Crippen LogP contribution >= 0.6 is 0 Å². The Morgan fingerprint density at radius 1 is 0.815 bits per heavy atom. The van der Waals surface area contributed by atoms with Crippen molar-refractivity contribution in [2.75, 3.05) is 16.8 Å². The molecule has 136 valence electrons. The highest BCUT2D eigenvalue weighted by atomic mass is 16.2. The molecule has 0 aliphatic carbocycles. The third-order valence-corrected chi connectivity index (χ3v) is 3.95. The number of carbonyl (C=O) groups is 2. The fraction of sp³-hybridized carbons (Fsp3) is 0.0909. The Hall–Kier alpha value is -3.60. The Morgan fingerprint density at radius 3 is 1.96 bits per heavy atom. The number of hydrogen-bond acceptors (Lipinski definition) is 2. The number of amides is 3. The van der Waals surface area contributed by atoms with Crippen molar-refractivity contribution in [2.45, 2.75) is 6.92 Å². The van der Waals surface area contributed by atoms with E-state index in [2.05, 4.69) is 10.6 Å². The van der Waals surface area contributed by atoms with Gasteiger partial charge in [0.25, 0.3) is 5.91 Å². The number of rotatable bonds is 5. The zero-order valence-corrected chi connectivity index (χ0v) is 15.1. The van der Waals surface area contributed by atoms with Crippen molar-refractivity contribution in [3.63, 3.8) is 0 Å². The molecule has 0 saturated carbocycles. The second-order valence-electron chi connectivity index (χ2n) is 6.08. The molecule has 3 aromatic carbocycles. The smallest absolute Gasteiger partial charge is 0.319 e. The number of aryl methyl sites for hydroxylation is 1. The van der Waals surface area contributed by atoms with Crippen molar-refractivity contribution >= 4 is 29.0 Å². The van der Waals surface area contributed by atoms with Crippen LogP contribution in [0.15, 0.2) is 84.9 Å². The predicted octanol–water partition coefficient (Wildman–Crippen LogP) is 4.48.